The number of anilines is 2. The molecule has 1 atom stereocenters. The number of carbonyl (C=O) groups excluding carboxylic acids is 2. The minimum atomic E-state index is -0.928. The van der Waals surface area contributed by atoms with E-state index in [2.05, 4.69) is 5.32 Å². The summed E-state index contributed by atoms with van der Waals surface area (Å²) in [5, 5.41) is 3.56. The van der Waals surface area contributed by atoms with E-state index in [0.717, 1.165) is 28.2 Å². The molecule has 7 rings (SSSR count). The van der Waals surface area contributed by atoms with E-state index in [1.165, 1.54) is 0 Å². The van der Waals surface area contributed by atoms with Crippen molar-refractivity contribution in [1.82, 2.24) is 9.55 Å². The predicted octanol–water partition coefficient (Wildman–Crippen LogP) is 5.95. The third-order valence-electron chi connectivity index (χ3n) is 8.72. The van der Waals surface area contributed by atoms with Gasteiger partial charge in [0, 0.05) is 22.5 Å². The van der Waals surface area contributed by atoms with E-state index < -0.39 is 11.0 Å². The summed E-state index contributed by atoms with van der Waals surface area (Å²) >= 11 is 0. The minimum absolute atomic E-state index is 0.0157. The number of benzene rings is 3. The summed E-state index contributed by atoms with van der Waals surface area (Å²) in [5.74, 6) is 0.621. The van der Waals surface area contributed by atoms with Gasteiger partial charge in [-0.3, -0.25) is 14.5 Å². The van der Waals surface area contributed by atoms with Gasteiger partial charge < -0.3 is 19.4 Å². The summed E-state index contributed by atoms with van der Waals surface area (Å²) in [6.45, 7) is 4.58. The van der Waals surface area contributed by atoms with Crippen molar-refractivity contribution in [2.45, 2.75) is 44.6 Å². The average molecular weight is 573 g/mol. The average Bonchev–Trinajstić information content (AvgIpc) is 3.56. The highest BCUT2D eigenvalue weighted by Gasteiger charge is 2.60. The first-order valence-electron chi connectivity index (χ1n) is 14.3. The van der Waals surface area contributed by atoms with Crippen LogP contribution in [0.5, 0.6) is 5.75 Å². The lowest BCUT2D eigenvalue weighted by atomic mass is 9.72. The van der Waals surface area contributed by atoms with Crippen LogP contribution in [-0.4, -0.2) is 28.4 Å². The molecule has 216 valence electrons. The second-order valence-electron chi connectivity index (χ2n) is 11.6. The van der Waals surface area contributed by atoms with Crippen molar-refractivity contribution in [3.63, 3.8) is 0 Å². The van der Waals surface area contributed by atoms with Crippen LogP contribution in [0.25, 0.3) is 6.08 Å². The fourth-order valence-electron chi connectivity index (χ4n) is 6.49. The number of Topliss-reactive ketones (excluding diaryl/α,β-unsaturated/α-hetero) is 1. The molecule has 0 bridgehead atoms. The highest BCUT2D eigenvalue weighted by Crippen LogP contribution is 2.57. The molecule has 8 heteroatoms. The van der Waals surface area contributed by atoms with E-state index in [9.17, 15) is 9.59 Å². The normalized spacial score (nSPS) is 21.7. The monoisotopic (exact) mass is 572 g/mol. The van der Waals surface area contributed by atoms with E-state index in [0.29, 0.717) is 36.1 Å². The van der Waals surface area contributed by atoms with Crippen molar-refractivity contribution in [1.29, 1.82) is 0 Å². The molecule has 1 N–H and O–H groups in total. The number of nitrogens with one attached hydrogen (secondary N) is 1. The standard InChI is InChI=1S/C35H32N4O4/c1-34(2)32-29(38(21-36-32)22-43-20-23-9-5-4-6-10-23)18-17-26(33(34)41)31-35(27-11-7-8-12-28(27)37-31)19-30(40)39(35)24-13-15-25(42-3)16-14-24/h4-18,21,37H,19-20,22H2,1-3H3/b31-26-. The van der Waals surface area contributed by atoms with Gasteiger partial charge in [-0.25, -0.2) is 4.98 Å². The second-order valence-corrected chi connectivity index (χ2v) is 11.6. The van der Waals surface area contributed by atoms with E-state index in [1.807, 2.05) is 109 Å². The molecule has 0 saturated carbocycles. The Balaban J connectivity index is 1.31. The molecule has 2 aliphatic heterocycles. The van der Waals surface area contributed by atoms with Crippen LogP contribution in [0.2, 0.25) is 0 Å². The van der Waals surface area contributed by atoms with Crippen molar-refractivity contribution in [2.24, 2.45) is 0 Å². The molecule has 1 amide bonds. The molecule has 1 fully saturated rings. The molecule has 3 aliphatic rings. The van der Waals surface area contributed by atoms with Crippen LogP contribution >= 0.6 is 0 Å². The highest BCUT2D eigenvalue weighted by molar-refractivity contribution is 6.12. The Hall–Kier alpha value is -4.95. The molecule has 0 radical (unpaired) electrons. The number of β-lactam (4-membered cyclic amide) rings is 1. The molecule has 3 heterocycles. The van der Waals surface area contributed by atoms with Crippen LogP contribution in [0.15, 0.2) is 103 Å². The van der Waals surface area contributed by atoms with Crippen LogP contribution in [0.4, 0.5) is 11.4 Å². The summed E-state index contributed by atoms with van der Waals surface area (Å²) < 4.78 is 13.3. The number of ketones is 1. The number of methoxy groups -OCH3 is 1. The first-order valence-corrected chi connectivity index (χ1v) is 14.3. The fourth-order valence-corrected chi connectivity index (χ4v) is 6.49. The molecule has 1 spiro atoms. The number of hydrogen-bond acceptors (Lipinski definition) is 6. The zero-order chi connectivity index (χ0) is 29.8. The van der Waals surface area contributed by atoms with Gasteiger partial charge >= 0.3 is 0 Å². The quantitative estimate of drug-likeness (QED) is 0.227. The second kappa shape index (κ2) is 10.1. The number of aromatic nitrogens is 2. The van der Waals surface area contributed by atoms with Crippen LogP contribution in [0, 0.1) is 0 Å². The molecular weight excluding hydrogens is 540 g/mol. The number of nitrogens with zero attached hydrogens (tertiary/aromatic N) is 3. The molecule has 1 aliphatic carbocycles. The molecular formula is C35H32N4O4. The number of carbonyl (C=O) groups is 2. The zero-order valence-electron chi connectivity index (χ0n) is 24.3. The van der Waals surface area contributed by atoms with Crippen molar-refractivity contribution in [2.75, 3.05) is 17.3 Å². The van der Waals surface area contributed by atoms with Gasteiger partial charge in [-0.2, -0.15) is 0 Å². The summed E-state index contributed by atoms with van der Waals surface area (Å²) in [4.78, 5) is 34.3. The number of rotatable bonds is 6. The first kappa shape index (κ1) is 26.9. The van der Waals surface area contributed by atoms with Crippen molar-refractivity contribution in [3.8, 4) is 5.75 Å². The largest absolute Gasteiger partial charge is 0.497 e. The van der Waals surface area contributed by atoms with Gasteiger partial charge in [-0.15, -0.1) is 0 Å². The molecule has 1 unspecified atom stereocenters. The highest BCUT2D eigenvalue weighted by atomic mass is 16.5. The van der Waals surface area contributed by atoms with Crippen LogP contribution in [-0.2, 0) is 38.6 Å². The van der Waals surface area contributed by atoms with Crippen LogP contribution in [0.3, 0.4) is 0 Å². The molecule has 43 heavy (non-hydrogen) atoms. The Labute approximate surface area is 250 Å². The Bertz CT molecular complexity index is 1800. The van der Waals surface area contributed by atoms with E-state index in [1.54, 1.807) is 18.3 Å². The number of allylic oxidation sites excluding steroid dienone is 2. The number of imidazole rings is 1. The maximum atomic E-state index is 14.5. The summed E-state index contributed by atoms with van der Waals surface area (Å²) in [6.07, 6.45) is 5.79. The maximum Gasteiger partial charge on any atom is 0.231 e. The van der Waals surface area contributed by atoms with Gasteiger partial charge in [0.05, 0.1) is 49.0 Å². The molecule has 8 nitrogen and oxygen atoms in total. The third-order valence-corrected chi connectivity index (χ3v) is 8.72. The minimum Gasteiger partial charge on any atom is -0.497 e. The summed E-state index contributed by atoms with van der Waals surface area (Å²) in [5.41, 5.74) is 4.64. The molecule has 1 aromatic heterocycles. The van der Waals surface area contributed by atoms with Crippen LogP contribution in [0.1, 0.15) is 42.8 Å². The number of fused-ring (bicyclic) bond motifs is 3. The van der Waals surface area contributed by atoms with Gasteiger partial charge in [-0.1, -0.05) is 48.5 Å². The van der Waals surface area contributed by atoms with Gasteiger partial charge in [0.25, 0.3) is 0 Å². The van der Waals surface area contributed by atoms with Gasteiger partial charge in [0.15, 0.2) is 5.78 Å². The number of para-hydroxylation sites is 1. The van der Waals surface area contributed by atoms with Gasteiger partial charge in [0.2, 0.25) is 5.91 Å². The van der Waals surface area contributed by atoms with Crippen molar-refractivity contribution in [3.05, 3.63) is 125 Å². The lowest BCUT2D eigenvalue weighted by Gasteiger charge is -2.51. The molecule has 3 aromatic carbocycles. The van der Waals surface area contributed by atoms with Crippen LogP contribution < -0.4 is 15.0 Å². The Morgan fingerprint density at radius 1 is 0.930 bits per heavy atom. The smallest absolute Gasteiger partial charge is 0.231 e. The lowest BCUT2D eigenvalue weighted by Crippen LogP contribution is -2.62. The number of hydrogen-bond donors (Lipinski definition) is 1. The first-order chi connectivity index (χ1) is 20.8. The predicted molar refractivity (Wildman–Crippen MR) is 164 cm³/mol. The van der Waals surface area contributed by atoms with E-state index in [4.69, 9.17) is 14.5 Å². The van der Waals surface area contributed by atoms with E-state index >= 15 is 0 Å². The number of ether oxygens (including phenoxy) is 2. The Morgan fingerprint density at radius 3 is 2.42 bits per heavy atom. The topological polar surface area (TPSA) is 85.7 Å². The Kier molecular flexibility index (Phi) is 6.32. The van der Waals surface area contributed by atoms with Crippen molar-refractivity contribution >= 4 is 29.1 Å². The van der Waals surface area contributed by atoms with Gasteiger partial charge in [0.1, 0.15) is 18.0 Å². The summed E-state index contributed by atoms with van der Waals surface area (Å²) in [6, 6.07) is 25.4. The molecule has 4 aromatic rings. The fraction of sp³-hybridized carbons (Fsp3) is 0.229. The lowest BCUT2D eigenvalue weighted by molar-refractivity contribution is -0.127. The van der Waals surface area contributed by atoms with Crippen molar-refractivity contribution < 1.29 is 19.1 Å². The van der Waals surface area contributed by atoms with E-state index in [-0.39, 0.29) is 18.1 Å². The SMILES string of the molecule is COc1ccc(N2C(=O)CC23/C(=C2\C=Cc4c(ncn4COCc4ccccc4)C(C)(C)C2=O)Nc2ccccc23)cc1. The summed E-state index contributed by atoms with van der Waals surface area (Å²) in [7, 11) is 1.61. The third kappa shape index (κ3) is 4.12. The zero-order valence-corrected chi connectivity index (χ0v) is 24.3. The Morgan fingerprint density at radius 2 is 1.67 bits per heavy atom. The molecule has 1 saturated heterocycles. The van der Waals surface area contributed by atoms with Gasteiger partial charge in [-0.05, 0) is 61.9 Å². The maximum absolute atomic E-state index is 14.5. The number of amides is 1.